The minimum absolute atomic E-state index is 0.00380. The molecule has 1 aromatic rings. The van der Waals surface area contributed by atoms with Gasteiger partial charge in [-0.05, 0) is 38.9 Å². The smallest absolute Gasteiger partial charge is 0.257 e. The molecule has 0 aliphatic heterocycles. The summed E-state index contributed by atoms with van der Waals surface area (Å²) in [5, 5.41) is 0. The number of nitrogens with zero attached hydrogens (tertiary/aromatic N) is 1. The number of hydrogen-bond acceptors (Lipinski definition) is 3. The topological polar surface area (TPSA) is 55.6 Å². The SMILES string of the molecule is COc1ccccc1C(=O)N(CCCN)C(C)C. The minimum atomic E-state index is -0.00380. The van der Waals surface area contributed by atoms with Crippen LogP contribution in [-0.2, 0) is 0 Å². The van der Waals surface area contributed by atoms with Crippen LogP contribution >= 0.6 is 0 Å². The number of carbonyl (C=O) groups is 1. The molecule has 4 heteroatoms. The summed E-state index contributed by atoms with van der Waals surface area (Å²) in [6.07, 6.45) is 0.805. The first-order valence-electron chi connectivity index (χ1n) is 6.25. The van der Waals surface area contributed by atoms with Crippen molar-refractivity contribution in [2.24, 2.45) is 5.73 Å². The lowest BCUT2D eigenvalue weighted by molar-refractivity contribution is 0.0701. The van der Waals surface area contributed by atoms with E-state index in [-0.39, 0.29) is 11.9 Å². The summed E-state index contributed by atoms with van der Waals surface area (Å²) in [7, 11) is 1.58. The number of hydrogen-bond donors (Lipinski definition) is 1. The van der Waals surface area contributed by atoms with Crippen LogP contribution < -0.4 is 10.5 Å². The predicted octanol–water partition coefficient (Wildman–Crippen LogP) is 1.89. The Labute approximate surface area is 109 Å². The maximum atomic E-state index is 12.5. The zero-order chi connectivity index (χ0) is 13.5. The molecule has 0 aliphatic carbocycles. The van der Waals surface area contributed by atoms with Gasteiger partial charge < -0.3 is 15.4 Å². The van der Waals surface area contributed by atoms with Gasteiger partial charge in [-0.1, -0.05) is 12.1 Å². The first-order chi connectivity index (χ1) is 8.61. The fraction of sp³-hybridized carbons (Fsp3) is 0.500. The van der Waals surface area contributed by atoms with Crippen molar-refractivity contribution < 1.29 is 9.53 Å². The highest BCUT2D eigenvalue weighted by Crippen LogP contribution is 2.20. The third-order valence-electron chi connectivity index (χ3n) is 2.82. The molecule has 2 N–H and O–H groups in total. The Morgan fingerprint density at radius 3 is 2.61 bits per heavy atom. The molecule has 0 atom stereocenters. The second kappa shape index (κ2) is 7.01. The number of rotatable bonds is 6. The summed E-state index contributed by atoms with van der Waals surface area (Å²) in [6, 6.07) is 7.44. The Morgan fingerprint density at radius 2 is 2.06 bits per heavy atom. The van der Waals surface area contributed by atoms with E-state index in [0.29, 0.717) is 24.4 Å². The summed E-state index contributed by atoms with van der Waals surface area (Å²) < 4.78 is 5.23. The number of amides is 1. The summed E-state index contributed by atoms with van der Waals surface area (Å²) in [5.41, 5.74) is 6.11. The molecule has 0 unspecified atom stereocenters. The third-order valence-corrected chi connectivity index (χ3v) is 2.82. The minimum Gasteiger partial charge on any atom is -0.496 e. The molecule has 0 aromatic heterocycles. The van der Waals surface area contributed by atoms with Crippen LogP contribution in [-0.4, -0.2) is 37.0 Å². The van der Waals surface area contributed by atoms with Crippen molar-refractivity contribution in [3.05, 3.63) is 29.8 Å². The van der Waals surface area contributed by atoms with E-state index >= 15 is 0 Å². The number of methoxy groups -OCH3 is 1. The van der Waals surface area contributed by atoms with Gasteiger partial charge in [-0.2, -0.15) is 0 Å². The molecule has 0 aliphatic rings. The lowest BCUT2D eigenvalue weighted by Gasteiger charge is -2.27. The fourth-order valence-electron chi connectivity index (χ4n) is 1.83. The average Bonchev–Trinajstić information content (AvgIpc) is 2.38. The van der Waals surface area contributed by atoms with Gasteiger partial charge in [0.1, 0.15) is 5.75 Å². The molecule has 0 bridgehead atoms. The Kier molecular flexibility index (Phi) is 5.65. The van der Waals surface area contributed by atoms with Crippen LogP contribution in [0.25, 0.3) is 0 Å². The summed E-state index contributed by atoms with van der Waals surface area (Å²) in [5.74, 6) is 0.608. The molecule has 100 valence electrons. The quantitative estimate of drug-likeness (QED) is 0.839. The highest BCUT2D eigenvalue weighted by atomic mass is 16.5. The highest BCUT2D eigenvalue weighted by Gasteiger charge is 2.20. The van der Waals surface area contributed by atoms with Crippen LogP contribution in [0.5, 0.6) is 5.75 Å². The number of ether oxygens (including phenoxy) is 1. The summed E-state index contributed by atoms with van der Waals surface area (Å²) in [4.78, 5) is 14.3. The maximum Gasteiger partial charge on any atom is 0.257 e. The van der Waals surface area contributed by atoms with Gasteiger partial charge in [-0.25, -0.2) is 0 Å². The Bertz CT molecular complexity index is 391. The third kappa shape index (κ3) is 3.47. The highest BCUT2D eigenvalue weighted by molar-refractivity contribution is 5.97. The van der Waals surface area contributed by atoms with Crippen LogP contribution in [0.1, 0.15) is 30.6 Å². The largest absolute Gasteiger partial charge is 0.496 e. The zero-order valence-corrected chi connectivity index (χ0v) is 11.3. The number of carbonyl (C=O) groups excluding carboxylic acids is 1. The van der Waals surface area contributed by atoms with E-state index in [0.717, 1.165) is 6.42 Å². The summed E-state index contributed by atoms with van der Waals surface area (Å²) >= 11 is 0. The van der Waals surface area contributed by atoms with Crippen molar-refractivity contribution in [3.8, 4) is 5.75 Å². The van der Waals surface area contributed by atoms with Crippen LogP contribution in [0.15, 0.2) is 24.3 Å². The molecule has 18 heavy (non-hydrogen) atoms. The van der Waals surface area contributed by atoms with E-state index in [1.165, 1.54) is 0 Å². The summed E-state index contributed by atoms with van der Waals surface area (Å²) in [6.45, 7) is 5.27. The lowest BCUT2D eigenvalue weighted by Crippen LogP contribution is -2.38. The van der Waals surface area contributed by atoms with Gasteiger partial charge in [0, 0.05) is 12.6 Å². The standard InChI is InChI=1S/C14H22N2O2/c1-11(2)16(10-6-9-15)14(17)12-7-4-5-8-13(12)18-3/h4-5,7-8,11H,6,9-10,15H2,1-3H3. The van der Waals surface area contributed by atoms with E-state index in [1.807, 2.05) is 30.9 Å². The monoisotopic (exact) mass is 250 g/mol. The molecule has 0 saturated carbocycles. The molecule has 1 rings (SSSR count). The fourth-order valence-corrected chi connectivity index (χ4v) is 1.83. The van der Waals surface area contributed by atoms with E-state index in [9.17, 15) is 4.79 Å². The van der Waals surface area contributed by atoms with Gasteiger partial charge in [0.2, 0.25) is 0 Å². The second-order valence-electron chi connectivity index (χ2n) is 4.43. The molecule has 0 saturated heterocycles. The molecule has 1 amide bonds. The zero-order valence-electron chi connectivity index (χ0n) is 11.3. The van der Waals surface area contributed by atoms with Gasteiger partial charge in [0.25, 0.3) is 5.91 Å². The molecule has 0 heterocycles. The van der Waals surface area contributed by atoms with Crippen LogP contribution in [0.4, 0.5) is 0 Å². The van der Waals surface area contributed by atoms with Gasteiger partial charge in [0.15, 0.2) is 0 Å². The average molecular weight is 250 g/mol. The van der Waals surface area contributed by atoms with Crippen molar-refractivity contribution in [1.29, 1.82) is 0 Å². The molecule has 0 radical (unpaired) electrons. The van der Waals surface area contributed by atoms with Gasteiger partial charge in [-0.3, -0.25) is 4.79 Å². The Hall–Kier alpha value is -1.55. The van der Waals surface area contributed by atoms with Crippen molar-refractivity contribution in [2.75, 3.05) is 20.2 Å². The Balaban J connectivity index is 2.94. The first-order valence-corrected chi connectivity index (χ1v) is 6.25. The van der Waals surface area contributed by atoms with Crippen molar-refractivity contribution in [3.63, 3.8) is 0 Å². The second-order valence-corrected chi connectivity index (χ2v) is 4.43. The molecule has 0 spiro atoms. The number of benzene rings is 1. The maximum absolute atomic E-state index is 12.5. The van der Waals surface area contributed by atoms with Crippen molar-refractivity contribution >= 4 is 5.91 Å². The number of nitrogens with two attached hydrogens (primary N) is 1. The van der Waals surface area contributed by atoms with Crippen LogP contribution in [0.3, 0.4) is 0 Å². The van der Waals surface area contributed by atoms with Crippen LogP contribution in [0, 0.1) is 0 Å². The molecular formula is C14H22N2O2. The first kappa shape index (κ1) is 14.5. The van der Waals surface area contributed by atoms with E-state index in [4.69, 9.17) is 10.5 Å². The van der Waals surface area contributed by atoms with Gasteiger partial charge in [-0.15, -0.1) is 0 Å². The van der Waals surface area contributed by atoms with E-state index in [1.54, 1.807) is 19.2 Å². The molecule has 0 fully saturated rings. The predicted molar refractivity (Wildman–Crippen MR) is 72.8 cm³/mol. The molecular weight excluding hydrogens is 228 g/mol. The lowest BCUT2D eigenvalue weighted by atomic mass is 10.1. The van der Waals surface area contributed by atoms with Crippen molar-refractivity contribution in [2.45, 2.75) is 26.3 Å². The molecule has 1 aromatic carbocycles. The number of para-hydroxylation sites is 1. The van der Waals surface area contributed by atoms with Gasteiger partial charge in [0.05, 0.1) is 12.7 Å². The van der Waals surface area contributed by atoms with E-state index in [2.05, 4.69) is 0 Å². The molecule has 4 nitrogen and oxygen atoms in total. The van der Waals surface area contributed by atoms with E-state index < -0.39 is 0 Å². The van der Waals surface area contributed by atoms with Crippen LogP contribution in [0.2, 0.25) is 0 Å². The van der Waals surface area contributed by atoms with Crippen molar-refractivity contribution in [1.82, 2.24) is 4.90 Å². The Morgan fingerprint density at radius 1 is 1.39 bits per heavy atom. The van der Waals surface area contributed by atoms with Gasteiger partial charge >= 0.3 is 0 Å². The normalized spacial score (nSPS) is 10.5.